The minimum absolute atomic E-state index is 0.113. The molecule has 1 fully saturated rings. The van der Waals surface area contributed by atoms with E-state index in [1.807, 2.05) is 0 Å². The van der Waals surface area contributed by atoms with Crippen molar-refractivity contribution in [2.24, 2.45) is 0 Å². The Labute approximate surface area is 196 Å². The van der Waals surface area contributed by atoms with Crippen molar-refractivity contribution in [3.05, 3.63) is 75.6 Å². The third-order valence-electron chi connectivity index (χ3n) is 5.81. The molecular weight excluding hydrogens is 471 g/mol. The molecule has 2 aromatic carbocycles. The summed E-state index contributed by atoms with van der Waals surface area (Å²) >= 11 is 5.89. The summed E-state index contributed by atoms with van der Waals surface area (Å²) < 4.78 is 46.4. The second kappa shape index (κ2) is 9.80. The fourth-order valence-electron chi connectivity index (χ4n) is 4.17. The van der Waals surface area contributed by atoms with E-state index in [2.05, 4.69) is 4.90 Å². The van der Waals surface area contributed by atoms with Crippen molar-refractivity contribution in [3.63, 3.8) is 0 Å². The van der Waals surface area contributed by atoms with Crippen LogP contribution in [0.25, 0.3) is 0 Å². The average Bonchev–Trinajstić information content (AvgIpc) is 3.06. The van der Waals surface area contributed by atoms with Crippen LogP contribution < -0.4 is 0 Å². The lowest BCUT2D eigenvalue weighted by Gasteiger charge is -2.30. The lowest BCUT2D eigenvalue weighted by molar-refractivity contribution is -0.129. The van der Waals surface area contributed by atoms with E-state index in [-0.39, 0.29) is 17.0 Å². The smallest absolute Gasteiger partial charge is 0.290 e. The number of carbonyl (C=O) groups is 1. The van der Waals surface area contributed by atoms with Gasteiger partial charge in [0.25, 0.3) is 5.91 Å². The summed E-state index contributed by atoms with van der Waals surface area (Å²) in [7, 11) is -4.27. The van der Waals surface area contributed by atoms with Gasteiger partial charge in [0.15, 0.2) is 5.76 Å². The molecule has 10 heteroatoms. The molecule has 7 nitrogen and oxygen atoms in total. The van der Waals surface area contributed by atoms with Gasteiger partial charge in [-0.25, -0.2) is 12.8 Å². The Morgan fingerprint density at radius 1 is 1.09 bits per heavy atom. The number of rotatable bonds is 7. The number of benzene rings is 2. The summed E-state index contributed by atoms with van der Waals surface area (Å²) in [6, 6.07) is 9.73. The molecule has 1 saturated heterocycles. The van der Waals surface area contributed by atoms with Crippen molar-refractivity contribution < 1.29 is 27.4 Å². The van der Waals surface area contributed by atoms with Gasteiger partial charge in [-0.2, -0.15) is 0 Å². The lowest BCUT2D eigenvalue weighted by atomic mass is 10.1. The number of amides is 1. The maximum atomic E-state index is 14.1. The Hall–Kier alpha value is -2.46. The number of hydrogen-bond acceptors (Lipinski definition) is 6. The van der Waals surface area contributed by atoms with Crippen LogP contribution in [-0.4, -0.2) is 68.6 Å². The Morgan fingerprint density at radius 3 is 2.45 bits per heavy atom. The number of aliphatic hydroxyl groups excluding tert-OH is 1. The van der Waals surface area contributed by atoms with Gasteiger partial charge in [0, 0.05) is 31.2 Å². The normalized spacial score (nSPS) is 20.0. The fraction of sp³-hybridized carbons (Fsp3) is 0.348. The number of carbonyl (C=O) groups excluding carboxylic acids is 1. The Balaban J connectivity index is 1.68. The van der Waals surface area contributed by atoms with Crippen molar-refractivity contribution in [1.82, 2.24) is 9.80 Å². The lowest BCUT2D eigenvalue weighted by Crippen LogP contribution is -2.39. The van der Waals surface area contributed by atoms with Crippen LogP contribution in [0.3, 0.4) is 0 Å². The number of morpholine rings is 1. The number of sulfone groups is 1. The third-order valence-corrected chi connectivity index (χ3v) is 7.95. The molecule has 2 aliphatic rings. The van der Waals surface area contributed by atoms with E-state index >= 15 is 0 Å². The van der Waals surface area contributed by atoms with E-state index in [0.29, 0.717) is 31.2 Å². The van der Waals surface area contributed by atoms with Crippen LogP contribution in [0.15, 0.2) is 64.1 Å². The zero-order valence-electron chi connectivity index (χ0n) is 17.8. The number of aliphatic hydroxyl groups is 1. The first kappa shape index (κ1) is 23.7. The molecule has 0 aromatic heterocycles. The molecule has 0 unspecified atom stereocenters. The molecular formula is C23H24ClFN2O5S. The average molecular weight is 495 g/mol. The molecule has 0 radical (unpaired) electrons. The Morgan fingerprint density at radius 2 is 1.79 bits per heavy atom. The van der Waals surface area contributed by atoms with Gasteiger partial charge in [-0.1, -0.05) is 23.7 Å². The minimum Gasteiger partial charge on any atom is -0.502 e. The monoisotopic (exact) mass is 494 g/mol. The van der Waals surface area contributed by atoms with Crippen LogP contribution in [0.2, 0.25) is 5.02 Å². The maximum Gasteiger partial charge on any atom is 0.290 e. The standard InChI is InChI=1S/C23H24ClFN2O5S/c24-17-5-7-19(8-6-17)33(30,31)22-20(16-3-1-4-18(25)15-16)27(23(29)21(22)28)10-2-9-26-11-13-32-14-12-26/h1,3-8,15,20,28H,2,9-14H2/t20-/m1/s1. The van der Waals surface area contributed by atoms with Gasteiger partial charge in [-0.15, -0.1) is 0 Å². The molecule has 2 aromatic rings. The summed E-state index contributed by atoms with van der Waals surface area (Å²) in [5.41, 5.74) is 0.270. The van der Waals surface area contributed by atoms with Crippen LogP contribution >= 0.6 is 11.6 Å². The zero-order valence-corrected chi connectivity index (χ0v) is 19.4. The minimum atomic E-state index is -4.27. The van der Waals surface area contributed by atoms with E-state index in [1.54, 1.807) is 6.07 Å². The summed E-state index contributed by atoms with van der Waals surface area (Å²) in [5.74, 6) is -2.20. The zero-order chi connectivity index (χ0) is 23.6. The third kappa shape index (κ3) is 4.91. The van der Waals surface area contributed by atoms with Gasteiger partial charge >= 0.3 is 0 Å². The fourth-order valence-corrected chi connectivity index (χ4v) is 5.95. The number of nitrogens with zero attached hydrogens (tertiary/aromatic N) is 2. The van der Waals surface area contributed by atoms with Crippen LogP contribution in [-0.2, 0) is 19.4 Å². The van der Waals surface area contributed by atoms with Crippen LogP contribution in [0.5, 0.6) is 0 Å². The Bertz CT molecular complexity index is 1160. The van der Waals surface area contributed by atoms with Crippen molar-refractivity contribution in [3.8, 4) is 0 Å². The van der Waals surface area contributed by atoms with E-state index in [9.17, 15) is 22.7 Å². The largest absolute Gasteiger partial charge is 0.502 e. The van der Waals surface area contributed by atoms with Gasteiger partial charge in [-0.3, -0.25) is 9.69 Å². The molecule has 1 N–H and O–H groups in total. The second-order valence-corrected chi connectivity index (χ2v) is 10.3. The number of ether oxygens (including phenoxy) is 1. The van der Waals surface area contributed by atoms with Gasteiger partial charge in [-0.05, 0) is 48.4 Å². The summed E-state index contributed by atoms with van der Waals surface area (Å²) in [5, 5.41) is 11.0. The molecule has 0 bridgehead atoms. The summed E-state index contributed by atoms with van der Waals surface area (Å²) in [6.07, 6.45) is 0.555. The van der Waals surface area contributed by atoms with Crippen LogP contribution in [0.1, 0.15) is 18.0 Å². The molecule has 0 spiro atoms. The maximum absolute atomic E-state index is 14.1. The van der Waals surface area contributed by atoms with Crippen molar-refractivity contribution in [2.75, 3.05) is 39.4 Å². The molecule has 1 atom stereocenters. The van der Waals surface area contributed by atoms with E-state index in [1.165, 1.54) is 47.4 Å². The van der Waals surface area contributed by atoms with Crippen LogP contribution in [0, 0.1) is 5.82 Å². The molecule has 2 heterocycles. The predicted octanol–water partition coefficient (Wildman–Crippen LogP) is 3.33. The molecule has 0 saturated carbocycles. The molecule has 2 aliphatic heterocycles. The van der Waals surface area contributed by atoms with E-state index < -0.39 is 38.3 Å². The number of hydrogen-bond donors (Lipinski definition) is 1. The highest BCUT2D eigenvalue weighted by molar-refractivity contribution is 7.95. The first-order valence-corrected chi connectivity index (χ1v) is 12.5. The highest BCUT2D eigenvalue weighted by Gasteiger charge is 2.46. The first-order chi connectivity index (χ1) is 15.8. The molecule has 0 aliphatic carbocycles. The predicted molar refractivity (Wildman–Crippen MR) is 121 cm³/mol. The first-order valence-electron chi connectivity index (χ1n) is 10.6. The van der Waals surface area contributed by atoms with Gasteiger partial charge < -0.3 is 14.7 Å². The molecule has 33 heavy (non-hydrogen) atoms. The quantitative estimate of drug-likeness (QED) is 0.635. The highest BCUT2D eigenvalue weighted by atomic mass is 35.5. The van der Waals surface area contributed by atoms with Gasteiger partial charge in [0.2, 0.25) is 9.84 Å². The molecule has 1 amide bonds. The van der Waals surface area contributed by atoms with E-state index in [0.717, 1.165) is 13.1 Å². The van der Waals surface area contributed by atoms with Crippen LogP contribution in [0.4, 0.5) is 4.39 Å². The van der Waals surface area contributed by atoms with Crippen molar-refractivity contribution in [1.29, 1.82) is 0 Å². The number of halogens is 2. The second-order valence-electron chi connectivity index (χ2n) is 7.93. The van der Waals surface area contributed by atoms with Crippen molar-refractivity contribution >= 4 is 27.3 Å². The summed E-state index contributed by atoms with van der Waals surface area (Å²) in [4.78, 5) is 15.9. The van der Waals surface area contributed by atoms with E-state index in [4.69, 9.17) is 16.3 Å². The topological polar surface area (TPSA) is 87.1 Å². The summed E-state index contributed by atoms with van der Waals surface area (Å²) in [6.45, 7) is 3.72. The van der Waals surface area contributed by atoms with Gasteiger partial charge in [0.1, 0.15) is 10.7 Å². The van der Waals surface area contributed by atoms with Gasteiger partial charge in [0.05, 0.1) is 24.2 Å². The Kier molecular flexibility index (Phi) is 7.04. The SMILES string of the molecule is O=C1C(O)=C(S(=O)(=O)c2ccc(Cl)cc2)[C@@H](c2cccc(F)c2)N1CCCN1CCOCC1. The van der Waals surface area contributed by atoms with Crippen molar-refractivity contribution in [2.45, 2.75) is 17.4 Å². The molecule has 176 valence electrons. The molecule has 4 rings (SSSR count). The highest BCUT2D eigenvalue weighted by Crippen LogP contribution is 2.42.